The van der Waals surface area contributed by atoms with Gasteiger partial charge in [0.2, 0.25) is 0 Å². The summed E-state index contributed by atoms with van der Waals surface area (Å²) in [7, 11) is 0. The lowest BCUT2D eigenvalue weighted by Gasteiger charge is -2.06. The van der Waals surface area contributed by atoms with Crippen molar-refractivity contribution in [3.8, 4) is 6.07 Å². The van der Waals surface area contributed by atoms with Gasteiger partial charge in [0.25, 0.3) is 0 Å². The Labute approximate surface area is 66.0 Å². The number of hydrogen-bond acceptors (Lipinski definition) is 3. The fourth-order valence-electron chi connectivity index (χ4n) is 1.23. The van der Waals surface area contributed by atoms with Crippen LogP contribution in [-0.2, 0) is 9.53 Å². The van der Waals surface area contributed by atoms with Crippen LogP contribution in [0.15, 0.2) is 0 Å². The third kappa shape index (κ3) is 2.02. The molecule has 60 valence electrons. The highest BCUT2D eigenvalue weighted by atomic mass is 16.5. The molecule has 1 aliphatic rings. The van der Waals surface area contributed by atoms with Crippen LogP contribution in [0.25, 0.3) is 0 Å². The van der Waals surface area contributed by atoms with Gasteiger partial charge in [-0.25, -0.2) is 0 Å². The minimum Gasteiger partial charge on any atom is -0.367 e. The van der Waals surface area contributed by atoms with E-state index in [9.17, 15) is 4.79 Å². The standard InChI is InChI=1S/C8H11NO2/c1-6-2-3-8(11-6)7(10)4-5-9/h6,8H,2-4H2,1H3. The largest absolute Gasteiger partial charge is 0.367 e. The summed E-state index contributed by atoms with van der Waals surface area (Å²) in [6.45, 7) is 1.94. The van der Waals surface area contributed by atoms with E-state index in [0.717, 1.165) is 12.8 Å². The Kier molecular flexibility index (Phi) is 2.61. The predicted molar refractivity (Wildman–Crippen MR) is 38.8 cm³/mol. The first-order valence-electron chi connectivity index (χ1n) is 3.79. The van der Waals surface area contributed by atoms with Crippen LogP contribution in [0.1, 0.15) is 26.2 Å². The van der Waals surface area contributed by atoms with E-state index >= 15 is 0 Å². The van der Waals surface area contributed by atoms with E-state index < -0.39 is 0 Å². The van der Waals surface area contributed by atoms with E-state index in [2.05, 4.69) is 0 Å². The Bertz CT molecular complexity index is 195. The summed E-state index contributed by atoms with van der Waals surface area (Å²) < 4.78 is 5.27. The van der Waals surface area contributed by atoms with E-state index in [1.807, 2.05) is 13.0 Å². The van der Waals surface area contributed by atoms with Gasteiger partial charge in [0.1, 0.15) is 6.10 Å². The first-order valence-corrected chi connectivity index (χ1v) is 3.79. The van der Waals surface area contributed by atoms with Crippen molar-refractivity contribution in [1.29, 1.82) is 5.26 Å². The average Bonchev–Trinajstić information content (AvgIpc) is 2.36. The smallest absolute Gasteiger partial charge is 0.175 e. The Balaban J connectivity index is 2.38. The molecule has 0 bridgehead atoms. The van der Waals surface area contributed by atoms with Crippen LogP contribution >= 0.6 is 0 Å². The minimum atomic E-state index is -0.301. The average molecular weight is 153 g/mol. The molecule has 3 nitrogen and oxygen atoms in total. The highest BCUT2D eigenvalue weighted by Gasteiger charge is 2.27. The lowest BCUT2D eigenvalue weighted by molar-refractivity contribution is -0.128. The molecule has 1 heterocycles. The number of ether oxygens (including phenoxy) is 1. The molecular weight excluding hydrogens is 142 g/mol. The summed E-state index contributed by atoms with van der Waals surface area (Å²) in [5, 5.41) is 8.24. The number of carbonyl (C=O) groups excluding carboxylic acids is 1. The van der Waals surface area contributed by atoms with Gasteiger partial charge >= 0.3 is 0 Å². The second-order valence-electron chi connectivity index (χ2n) is 2.81. The maximum atomic E-state index is 11.0. The maximum Gasteiger partial charge on any atom is 0.175 e. The van der Waals surface area contributed by atoms with Crippen molar-refractivity contribution in [3.63, 3.8) is 0 Å². The van der Waals surface area contributed by atoms with E-state index in [4.69, 9.17) is 10.00 Å². The molecule has 1 aliphatic heterocycles. The lowest BCUT2D eigenvalue weighted by Crippen LogP contribution is -2.19. The minimum absolute atomic E-state index is 0.0165. The van der Waals surface area contributed by atoms with Gasteiger partial charge in [-0.2, -0.15) is 5.26 Å². The van der Waals surface area contributed by atoms with Gasteiger partial charge in [-0.05, 0) is 19.8 Å². The molecule has 0 aromatic heterocycles. The Morgan fingerprint density at radius 2 is 2.45 bits per heavy atom. The fourth-order valence-corrected chi connectivity index (χ4v) is 1.23. The molecule has 1 rings (SSSR count). The third-order valence-electron chi connectivity index (χ3n) is 1.84. The van der Waals surface area contributed by atoms with Crippen LogP contribution in [0.3, 0.4) is 0 Å². The van der Waals surface area contributed by atoms with Crippen molar-refractivity contribution >= 4 is 5.78 Å². The Morgan fingerprint density at radius 3 is 2.91 bits per heavy atom. The number of ketones is 1. The number of carbonyl (C=O) groups is 1. The van der Waals surface area contributed by atoms with E-state index in [1.54, 1.807) is 0 Å². The van der Waals surface area contributed by atoms with Crippen molar-refractivity contribution in [2.24, 2.45) is 0 Å². The van der Waals surface area contributed by atoms with Crippen LogP contribution in [0.5, 0.6) is 0 Å². The maximum absolute atomic E-state index is 11.0. The van der Waals surface area contributed by atoms with Crippen molar-refractivity contribution in [3.05, 3.63) is 0 Å². The zero-order valence-electron chi connectivity index (χ0n) is 6.54. The van der Waals surface area contributed by atoms with E-state index in [-0.39, 0.29) is 24.4 Å². The second-order valence-corrected chi connectivity index (χ2v) is 2.81. The molecule has 2 unspecified atom stereocenters. The highest BCUT2D eigenvalue weighted by Crippen LogP contribution is 2.20. The van der Waals surface area contributed by atoms with E-state index in [0.29, 0.717) is 0 Å². The van der Waals surface area contributed by atoms with Gasteiger partial charge in [0, 0.05) is 0 Å². The number of Topliss-reactive ketones (excluding diaryl/α,β-unsaturated/α-hetero) is 1. The molecule has 0 saturated carbocycles. The molecule has 11 heavy (non-hydrogen) atoms. The Morgan fingerprint density at radius 1 is 1.73 bits per heavy atom. The molecule has 3 heteroatoms. The van der Waals surface area contributed by atoms with Crippen molar-refractivity contribution in [1.82, 2.24) is 0 Å². The lowest BCUT2D eigenvalue weighted by atomic mass is 10.1. The molecular formula is C8H11NO2. The summed E-state index contributed by atoms with van der Waals surface area (Å²) in [6.07, 6.45) is 1.58. The number of nitriles is 1. The molecule has 0 aromatic carbocycles. The SMILES string of the molecule is CC1CCC(C(=O)CC#N)O1. The first-order chi connectivity index (χ1) is 5.24. The third-order valence-corrected chi connectivity index (χ3v) is 1.84. The molecule has 0 aliphatic carbocycles. The van der Waals surface area contributed by atoms with Gasteiger partial charge in [0.05, 0.1) is 18.6 Å². The first kappa shape index (κ1) is 8.22. The molecule has 0 radical (unpaired) electrons. The number of rotatable bonds is 2. The quantitative estimate of drug-likeness (QED) is 0.595. The highest BCUT2D eigenvalue weighted by molar-refractivity contribution is 5.85. The van der Waals surface area contributed by atoms with Crippen molar-refractivity contribution in [2.75, 3.05) is 0 Å². The van der Waals surface area contributed by atoms with Gasteiger partial charge in [-0.1, -0.05) is 0 Å². The molecule has 0 spiro atoms. The summed E-state index contributed by atoms with van der Waals surface area (Å²) in [5.74, 6) is -0.0724. The zero-order chi connectivity index (χ0) is 8.27. The molecule has 0 N–H and O–H groups in total. The van der Waals surface area contributed by atoms with Crippen LogP contribution in [0.2, 0.25) is 0 Å². The monoisotopic (exact) mass is 153 g/mol. The summed E-state index contributed by atoms with van der Waals surface area (Å²) in [4.78, 5) is 11.0. The normalized spacial score (nSPS) is 29.8. The topological polar surface area (TPSA) is 50.1 Å². The second kappa shape index (κ2) is 3.49. The van der Waals surface area contributed by atoms with Gasteiger partial charge in [-0.3, -0.25) is 4.79 Å². The van der Waals surface area contributed by atoms with Crippen LogP contribution < -0.4 is 0 Å². The van der Waals surface area contributed by atoms with Crippen molar-refractivity contribution in [2.45, 2.75) is 38.4 Å². The van der Waals surface area contributed by atoms with Crippen LogP contribution in [0.4, 0.5) is 0 Å². The summed E-state index contributed by atoms with van der Waals surface area (Å²) in [6, 6.07) is 1.83. The molecule has 2 atom stereocenters. The molecule has 1 fully saturated rings. The summed E-state index contributed by atoms with van der Waals surface area (Å²) in [5.41, 5.74) is 0. The predicted octanol–water partition coefficient (Wildman–Crippen LogP) is 1.04. The van der Waals surface area contributed by atoms with Crippen molar-refractivity contribution < 1.29 is 9.53 Å². The van der Waals surface area contributed by atoms with E-state index in [1.165, 1.54) is 0 Å². The fraction of sp³-hybridized carbons (Fsp3) is 0.750. The van der Waals surface area contributed by atoms with Gasteiger partial charge in [-0.15, -0.1) is 0 Å². The molecule has 0 amide bonds. The Hall–Kier alpha value is -0.880. The molecule has 1 saturated heterocycles. The number of nitrogens with zero attached hydrogens (tertiary/aromatic N) is 1. The van der Waals surface area contributed by atoms with Crippen LogP contribution in [-0.4, -0.2) is 18.0 Å². The molecule has 0 aromatic rings. The van der Waals surface area contributed by atoms with Crippen LogP contribution in [0, 0.1) is 11.3 Å². The number of hydrogen-bond donors (Lipinski definition) is 0. The zero-order valence-corrected chi connectivity index (χ0v) is 6.54. The van der Waals surface area contributed by atoms with Gasteiger partial charge < -0.3 is 4.74 Å². The van der Waals surface area contributed by atoms with Gasteiger partial charge in [0.15, 0.2) is 5.78 Å². The summed E-state index contributed by atoms with van der Waals surface area (Å²) >= 11 is 0.